The van der Waals surface area contributed by atoms with Crippen LogP contribution < -0.4 is 11.1 Å². The molecule has 4 rings (SSSR count). The molecule has 0 aliphatic heterocycles. The molecular formula is C24H23ClFN7O2S. The summed E-state index contributed by atoms with van der Waals surface area (Å²) in [5.41, 5.74) is 7.10. The second-order valence-electron chi connectivity index (χ2n) is 8.50. The lowest BCUT2D eigenvalue weighted by Crippen LogP contribution is -2.42. The fourth-order valence-corrected chi connectivity index (χ4v) is 4.49. The number of carbonyl (C=O) groups is 1. The molecule has 12 heteroatoms. The molecular weight excluding hydrogens is 505 g/mol. The summed E-state index contributed by atoms with van der Waals surface area (Å²) in [6.07, 6.45) is 5.76. The third-order valence-electron chi connectivity index (χ3n) is 5.80. The first-order chi connectivity index (χ1) is 17.1. The van der Waals surface area contributed by atoms with E-state index in [4.69, 9.17) is 17.3 Å². The number of hydrogen-bond acceptors (Lipinski definition) is 8. The lowest BCUT2D eigenvalue weighted by atomic mass is 9.79. The van der Waals surface area contributed by atoms with Crippen molar-refractivity contribution in [3.63, 3.8) is 0 Å². The van der Waals surface area contributed by atoms with Crippen LogP contribution in [0, 0.1) is 11.2 Å². The van der Waals surface area contributed by atoms with Gasteiger partial charge in [-0.15, -0.1) is 11.3 Å². The van der Waals surface area contributed by atoms with E-state index >= 15 is 4.39 Å². The van der Waals surface area contributed by atoms with Gasteiger partial charge in [-0.3, -0.25) is 4.79 Å². The molecule has 36 heavy (non-hydrogen) atoms. The second kappa shape index (κ2) is 10.0. The van der Waals surface area contributed by atoms with Gasteiger partial charge in [-0.2, -0.15) is 0 Å². The molecule has 0 saturated heterocycles. The zero-order chi connectivity index (χ0) is 26.0. The quantitative estimate of drug-likeness (QED) is 0.216. The van der Waals surface area contributed by atoms with Gasteiger partial charge in [-0.1, -0.05) is 44.2 Å². The summed E-state index contributed by atoms with van der Waals surface area (Å²) in [6.45, 7) is 7.18. The first-order valence-electron chi connectivity index (χ1n) is 10.8. The number of nitrogens with zero attached hydrogens (tertiary/aromatic N) is 4. The smallest absolute Gasteiger partial charge is 0.305 e. The number of carboxylic acid groups (broad SMARTS) is 1. The highest BCUT2D eigenvalue weighted by Crippen LogP contribution is 2.36. The zero-order valence-corrected chi connectivity index (χ0v) is 21.0. The lowest BCUT2D eigenvalue weighted by Gasteiger charge is -2.35. The van der Waals surface area contributed by atoms with Gasteiger partial charge in [0, 0.05) is 23.4 Å². The third kappa shape index (κ3) is 4.93. The fourth-order valence-electron chi connectivity index (χ4n) is 3.65. The second-order valence-corrected chi connectivity index (χ2v) is 9.84. The van der Waals surface area contributed by atoms with Crippen LogP contribution in [-0.2, 0) is 4.79 Å². The van der Waals surface area contributed by atoms with Gasteiger partial charge < -0.3 is 21.1 Å². The van der Waals surface area contributed by atoms with Crippen LogP contribution in [-0.4, -0.2) is 42.0 Å². The molecule has 0 aromatic carbocycles. The summed E-state index contributed by atoms with van der Waals surface area (Å²) in [5.74, 6) is -1.81. The number of fused-ring (bicyclic) bond motifs is 1. The molecule has 4 aromatic heterocycles. The number of nitrogens with one attached hydrogen (secondary N) is 2. The van der Waals surface area contributed by atoms with Crippen molar-refractivity contribution in [2.45, 2.75) is 26.3 Å². The number of aromatic amines is 1. The molecule has 1 atom stereocenters. The first kappa shape index (κ1) is 25.3. The summed E-state index contributed by atoms with van der Waals surface area (Å²) >= 11 is 7.36. The Hall–Kier alpha value is -3.83. The largest absolute Gasteiger partial charge is 0.481 e. The van der Waals surface area contributed by atoms with E-state index in [2.05, 4.69) is 36.8 Å². The minimum absolute atomic E-state index is 0.0586. The maximum absolute atomic E-state index is 15.8. The van der Waals surface area contributed by atoms with E-state index in [0.717, 1.165) is 0 Å². The fraction of sp³-hybridized carbons (Fsp3) is 0.208. The zero-order valence-electron chi connectivity index (χ0n) is 19.4. The van der Waals surface area contributed by atoms with Crippen molar-refractivity contribution in [3.05, 3.63) is 65.3 Å². The van der Waals surface area contributed by atoms with E-state index in [0.29, 0.717) is 27.3 Å². The summed E-state index contributed by atoms with van der Waals surface area (Å²) in [6, 6.07) is 2.69. The average Bonchev–Trinajstić information content (AvgIpc) is 3.50. The van der Waals surface area contributed by atoms with Crippen molar-refractivity contribution >= 4 is 45.9 Å². The number of anilines is 1. The highest BCUT2D eigenvalue weighted by Gasteiger charge is 2.35. The number of hydrogen-bond donors (Lipinski definition) is 4. The van der Waals surface area contributed by atoms with E-state index in [1.54, 1.807) is 43.6 Å². The Labute approximate surface area is 215 Å². The Morgan fingerprint density at radius 2 is 2.19 bits per heavy atom. The number of aromatic nitrogens is 5. The molecule has 4 aromatic rings. The van der Waals surface area contributed by atoms with Crippen LogP contribution in [0.4, 0.5) is 10.2 Å². The van der Waals surface area contributed by atoms with Crippen molar-refractivity contribution in [1.29, 1.82) is 0 Å². The SMILES string of the molecule is C=C/C=C(\N)C(C)(C)C(CC(=O)O)Nc1nc(-c2c[nH]c3ncc(Cl)nc23)nc(-c2cccs2)c1F. The molecule has 0 fully saturated rings. The van der Waals surface area contributed by atoms with E-state index in [9.17, 15) is 9.90 Å². The number of rotatable bonds is 9. The molecule has 0 amide bonds. The standard InChI is InChI=1S/C24H23ClFN7O2S/c1-4-6-14(27)24(2,3)15(9-17(34)35)30-22-18(26)20(13-7-5-8-36-13)32-21(33-22)12-10-28-23-19(12)31-16(25)11-29-23/h4-8,10-11,15H,1,9,27H2,2-3H3,(H,28,29)(H,34,35)(H,30,32,33)/b14-6-. The molecule has 186 valence electrons. The molecule has 0 bridgehead atoms. The molecule has 0 saturated carbocycles. The van der Waals surface area contributed by atoms with E-state index in [1.165, 1.54) is 23.6 Å². The number of H-pyrrole nitrogens is 1. The van der Waals surface area contributed by atoms with Crippen molar-refractivity contribution in [3.8, 4) is 22.0 Å². The van der Waals surface area contributed by atoms with Crippen LogP contribution in [0.3, 0.4) is 0 Å². The highest BCUT2D eigenvalue weighted by atomic mass is 35.5. The molecule has 0 aliphatic carbocycles. The minimum Gasteiger partial charge on any atom is -0.481 e. The van der Waals surface area contributed by atoms with Gasteiger partial charge >= 0.3 is 5.97 Å². The van der Waals surface area contributed by atoms with Crippen LogP contribution in [0.2, 0.25) is 5.15 Å². The van der Waals surface area contributed by atoms with Gasteiger partial charge in [0.05, 0.1) is 23.1 Å². The summed E-state index contributed by atoms with van der Waals surface area (Å²) in [5, 5.41) is 14.6. The van der Waals surface area contributed by atoms with Crippen molar-refractivity contribution in [2.75, 3.05) is 5.32 Å². The van der Waals surface area contributed by atoms with Crippen LogP contribution in [0.5, 0.6) is 0 Å². The molecule has 0 aliphatic rings. The predicted octanol–water partition coefficient (Wildman–Crippen LogP) is 5.25. The van der Waals surface area contributed by atoms with Crippen LogP contribution in [0.15, 0.2) is 54.3 Å². The number of thiophene rings is 1. The molecule has 1 unspecified atom stereocenters. The number of nitrogens with two attached hydrogens (primary N) is 1. The van der Waals surface area contributed by atoms with E-state index in [1.807, 2.05) is 0 Å². The van der Waals surface area contributed by atoms with Crippen LogP contribution in [0.25, 0.3) is 33.1 Å². The Morgan fingerprint density at radius 3 is 2.86 bits per heavy atom. The van der Waals surface area contributed by atoms with Gasteiger partial charge in [0.15, 0.2) is 23.1 Å². The summed E-state index contributed by atoms with van der Waals surface area (Å²) in [7, 11) is 0. The Balaban J connectivity index is 1.89. The highest BCUT2D eigenvalue weighted by molar-refractivity contribution is 7.13. The van der Waals surface area contributed by atoms with Gasteiger partial charge in [-0.25, -0.2) is 24.3 Å². The normalized spacial score (nSPS) is 13.1. The van der Waals surface area contributed by atoms with Gasteiger partial charge in [0.25, 0.3) is 0 Å². The van der Waals surface area contributed by atoms with Gasteiger partial charge in [-0.05, 0) is 17.5 Å². The number of allylic oxidation sites excluding steroid dienone is 2. The molecule has 5 N–H and O–H groups in total. The average molecular weight is 528 g/mol. The molecule has 4 heterocycles. The monoisotopic (exact) mass is 527 g/mol. The van der Waals surface area contributed by atoms with Crippen molar-refractivity contribution in [2.24, 2.45) is 11.1 Å². The van der Waals surface area contributed by atoms with Crippen LogP contribution in [0.1, 0.15) is 20.3 Å². The third-order valence-corrected chi connectivity index (χ3v) is 6.86. The number of carboxylic acids is 1. The predicted molar refractivity (Wildman–Crippen MR) is 139 cm³/mol. The number of halogens is 2. The molecule has 0 radical (unpaired) electrons. The van der Waals surface area contributed by atoms with Crippen molar-refractivity contribution < 1.29 is 14.3 Å². The lowest BCUT2D eigenvalue weighted by molar-refractivity contribution is -0.137. The maximum Gasteiger partial charge on any atom is 0.305 e. The number of aliphatic carboxylic acids is 1. The van der Waals surface area contributed by atoms with Gasteiger partial charge in [0.1, 0.15) is 16.4 Å². The first-order valence-corrected chi connectivity index (χ1v) is 12.1. The topological polar surface area (TPSA) is 143 Å². The Morgan fingerprint density at radius 1 is 1.42 bits per heavy atom. The molecule has 9 nitrogen and oxygen atoms in total. The van der Waals surface area contributed by atoms with Crippen molar-refractivity contribution in [1.82, 2.24) is 24.9 Å². The Kier molecular flexibility index (Phi) is 7.04. The van der Waals surface area contributed by atoms with Gasteiger partial charge in [0.2, 0.25) is 0 Å². The molecule has 0 spiro atoms. The van der Waals surface area contributed by atoms with E-state index in [-0.39, 0.29) is 28.9 Å². The minimum atomic E-state index is -1.08. The Bertz CT molecular complexity index is 1470. The van der Waals surface area contributed by atoms with Crippen LogP contribution >= 0.6 is 22.9 Å². The summed E-state index contributed by atoms with van der Waals surface area (Å²) in [4.78, 5) is 32.7. The van der Waals surface area contributed by atoms with E-state index < -0.39 is 23.2 Å². The summed E-state index contributed by atoms with van der Waals surface area (Å²) < 4.78 is 15.8. The maximum atomic E-state index is 15.8.